The van der Waals surface area contributed by atoms with Crippen LogP contribution >= 0.6 is 11.8 Å². The first-order valence-corrected chi connectivity index (χ1v) is 9.20. The molecular weight excluding hydrogens is 337 g/mol. The number of aliphatic imine (C=N–C) groups is 1. The van der Waals surface area contributed by atoms with E-state index in [2.05, 4.69) is 27.9 Å². The van der Waals surface area contributed by atoms with E-state index in [0.717, 1.165) is 17.1 Å². The number of pyridine rings is 1. The maximum atomic E-state index is 13.7. The van der Waals surface area contributed by atoms with Crippen LogP contribution in [-0.4, -0.2) is 29.9 Å². The topological polar surface area (TPSA) is 54.4 Å². The largest absolute Gasteiger partial charge is 0.350 e. The second-order valence-corrected chi connectivity index (χ2v) is 7.17. The van der Waals surface area contributed by atoms with Crippen molar-refractivity contribution in [1.29, 1.82) is 0 Å². The number of halogens is 1. The Kier molecular flexibility index (Phi) is 9.77. The van der Waals surface area contributed by atoms with Gasteiger partial charge in [-0.15, -0.1) is 11.8 Å². The molecular formula is C19H26FN3OS. The lowest BCUT2D eigenvalue weighted by atomic mass is 10.1. The van der Waals surface area contributed by atoms with Crippen molar-refractivity contribution in [2.75, 3.05) is 12.8 Å². The van der Waals surface area contributed by atoms with Crippen molar-refractivity contribution >= 4 is 23.9 Å². The van der Waals surface area contributed by atoms with Gasteiger partial charge in [-0.1, -0.05) is 25.7 Å². The quantitative estimate of drug-likeness (QED) is 0.386. The van der Waals surface area contributed by atoms with Crippen LogP contribution in [0.25, 0.3) is 0 Å². The van der Waals surface area contributed by atoms with Crippen molar-refractivity contribution in [3.63, 3.8) is 0 Å². The Balaban J connectivity index is 2.40. The summed E-state index contributed by atoms with van der Waals surface area (Å²) < 4.78 is 13.7. The highest BCUT2D eigenvalue weighted by Crippen LogP contribution is 2.13. The highest BCUT2D eigenvalue weighted by molar-refractivity contribution is 8.03. The van der Waals surface area contributed by atoms with Gasteiger partial charge in [-0.05, 0) is 36.3 Å². The van der Waals surface area contributed by atoms with Gasteiger partial charge in [-0.3, -0.25) is 9.79 Å². The average Bonchev–Trinajstić information content (AvgIpc) is 2.55. The lowest BCUT2D eigenvalue weighted by Gasteiger charge is -2.09. The average molecular weight is 364 g/mol. The summed E-state index contributed by atoms with van der Waals surface area (Å²) in [5, 5.41) is 2.72. The van der Waals surface area contributed by atoms with E-state index in [1.54, 1.807) is 31.1 Å². The molecule has 1 unspecified atom stereocenters. The molecule has 0 spiro atoms. The Morgan fingerprint density at radius 1 is 1.52 bits per heavy atom. The van der Waals surface area contributed by atoms with Crippen LogP contribution in [0.2, 0.25) is 0 Å². The number of nitrogens with one attached hydrogen (secondary N) is 1. The molecule has 0 aliphatic rings. The normalized spacial score (nSPS) is 12.6. The molecule has 0 radical (unpaired) electrons. The summed E-state index contributed by atoms with van der Waals surface area (Å²) in [6, 6.07) is 2.88. The standard InChI is InChI=1S/C19H26FN3OS/c1-14(2)25-10-6-5-7-15(3)11-19(24)22-13-18-17(20)9-8-16(23-18)12-21-4/h5,7-9,12,15H,1,6,10-11,13H2,2-4H3,(H,22,24)/b7-5+,21-12+. The summed E-state index contributed by atoms with van der Waals surface area (Å²) in [4.78, 5) is 21.1. The van der Waals surface area contributed by atoms with Crippen LogP contribution in [0, 0.1) is 11.7 Å². The molecule has 0 aliphatic heterocycles. The Labute approximate surface area is 153 Å². The number of amides is 1. The van der Waals surface area contributed by atoms with Crippen molar-refractivity contribution in [2.45, 2.75) is 33.2 Å². The van der Waals surface area contributed by atoms with Gasteiger partial charge < -0.3 is 5.32 Å². The number of hydrogen-bond acceptors (Lipinski definition) is 4. The molecule has 136 valence electrons. The Morgan fingerprint density at radius 3 is 2.96 bits per heavy atom. The van der Waals surface area contributed by atoms with Crippen molar-refractivity contribution in [2.24, 2.45) is 10.9 Å². The van der Waals surface area contributed by atoms with Crippen LogP contribution in [0.4, 0.5) is 4.39 Å². The van der Waals surface area contributed by atoms with E-state index in [0.29, 0.717) is 12.1 Å². The van der Waals surface area contributed by atoms with Gasteiger partial charge in [0.25, 0.3) is 0 Å². The van der Waals surface area contributed by atoms with Crippen molar-refractivity contribution in [3.8, 4) is 0 Å². The van der Waals surface area contributed by atoms with Crippen LogP contribution in [0.5, 0.6) is 0 Å². The molecule has 1 heterocycles. The number of aromatic nitrogens is 1. The van der Waals surface area contributed by atoms with Gasteiger partial charge in [0.1, 0.15) is 5.82 Å². The van der Waals surface area contributed by atoms with Gasteiger partial charge in [-0.25, -0.2) is 9.37 Å². The number of allylic oxidation sites excluding steroid dienone is 3. The molecule has 0 saturated carbocycles. The summed E-state index contributed by atoms with van der Waals surface area (Å²) in [5.41, 5.74) is 0.780. The smallest absolute Gasteiger partial charge is 0.220 e. The van der Waals surface area contributed by atoms with E-state index >= 15 is 0 Å². The number of hydrogen-bond donors (Lipinski definition) is 1. The number of nitrogens with zero attached hydrogens (tertiary/aromatic N) is 2. The number of carbonyl (C=O) groups excluding carboxylic acids is 1. The molecule has 0 saturated heterocycles. The summed E-state index contributed by atoms with van der Waals surface area (Å²) in [6.45, 7) is 7.89. The Hall–Kier alpha value is -1.95. The van der Waals surface area contributed by atoms with Crippen molar-refractivity contribution in [3.05, 3.63) is 53.0 Å². The molecule has 25 heavy (non-hydrogen) atoms. The van der Waals surface area contributed by atoms with E-state index in [-0.39, 0.29) is 24.1 Å². The molecule has 1 amide bonds. The minimum Gasteiger partial charge on any atom is -0.350 e. The zero-order valence-corrected chi connectivity index (χ0v) is 15.9. The van der Waals surface area contributed by atoms with Crippen LogP contribution in [0.1, 0.15) is 38.1 Å². The van der Waals surface area contributed by atoms with Gasteiger partial charge in [0.2, 0.25) is 5.91 Å². The van der Waals surface area contributed by atoms with E-state index in [4.69, 9.17) is 0 Å². The maximum absolute atomic E-state index is 13.7. The first-order valence-electron chi connectivity index (χ1n) is 8.21. The predicted octanol–water partition coefficient (Wildman–Crippen LogP) is 4.12. The zero-order chi connectivity index (χ0) is 18.7. The molecule has 1 aromatic heterocycles. The maximum Gasteiger partial charge on any atom is 0.220 e. The fourth-order valence-corrected chi connectivity index (χ4v) is 2.68. The molecule has 1 aromatic rings. The first kappa shape index (κ1) is 21.1. The molecule has 0 fully saturated rings. The van der Waals surface area contributed by atoms with Gasteiger partial charge in [0.05, 0.1) is 17.9 Å². The third kappa shape index (κ3) is 9.19. The monoisotopic (exact) mass is 363 g/mol. The third-order valence-electron chi connectivity index (χ3n) is 3.26. The molecule has 1 rings (SSSR count). The van der Waals surface area contributed by atoms with E-state index in [1.165, 1.54) is 6.07 Å². The van der Waals surface area contributed by atoms with E-state index in [9.17, 15) is 9.18 Å². The van der Waals surface area contributed by atoms with Crippen LogP contribution in [0.3, 0.4) is 0 Å². The van der Waals surface area contributed by atoms with Crippen LogP contribution in [0.15, 0.2) is 40.8 Å². The molecule has 1 N–H and O–H groups in total. The van der Waals surface area contributed by atoms with E-state index < -0.39 is 5.82 Å². The number of rotatable bonds is 10. The number of thioether (sulfide) groups is 1. The van der Waals surface area contributed by atoms with Gasteiger partial charge in [-0.2, -0.15) is 0 Å². The predicted molar refractivity (Wildman–Crippen MR) is 104 cm³/mol. The minimum atomic E-state index is -0.434. The molecule has 0 aromatic carbocycles. The lowest BCUT2D eigenvalue weighted by Crippen LogP contribution is -2.25. The first-order chi connectivity index (χ1) is 11.9. The molecule has 4 nitrogen and oxygen atoms in total. The second kappa shape index (κ2) is 11.6. The number of carbonyl (C=O) groups is 1. The summed E-state index contributed by atoms with van der Waals surface area (Å²) in [7, 11) is 1.62. The fourth-order valence-electron chi connectivity index (χ4n) is 2.07. The zero-order valence-electron chi connectivity index (χ0n) is 15.1. The van der Waals surface area contributed by atoms with E-state index in [1.807, 2.05) is 19.9 Å². The van der Waals surface area contributed by atoms with Crippen LogP contribution < -0.4 is 5.32 Å². The van der Waals surface area contributed by atoms with Gasteiger partial charge in [0, 0.05) is 25.4 Å². The molecule has 0 aliphatic carbocycles. The SMILES string of the molecule is C=C(C)SCC/C=C/C(C)CC(=O)NCc1nc(/C=N/C)ccc1F. The highest BCUT2D eigenvalue weighted by atomic mass is 32.2. The summed E-state index contributed by atoms with van der Waals surface area (Å²) >= 11 is 1.73. The van der Waals surface area contributed by atoms with Crippen molar-refractivity contribution in [1.82, 2.24) is 10.3 Å². The lowest BCUT2D eigenvalue weighted by molar-refractivity contribution is -0.121. The molecule has 0 bridgehead atoms. The van der Waals surface area contributed by atoms with Gasteiger partial charge >= 0.3 is 0 Å². The third-order valence-corrected chi connectivity index (χ3v) is 4.19. The fraction of sp³-hybridized carbons (Fsp3) is 0.421. The molecule has 6 heteroatoms. The van der Waals surface area contributed by atoms with Crippen molar-refractivity contribution < 1.29 is 9.18 Å². The Morgan fingerprint density at radius 2 is 2.28 bits per heavy atom. The Bertz CT molecular complexity index is 644. The van der Waals surface area contributed by atoms with Crippen LogP contribution in [-0.2, 0) is 11.3 Å². The van der Waals surface area contributed by atoms with Gasteiger partial charge in [0.15, 0.2) is 0 Å². The summed E-state index contributed by atoms with van der Waals surface area (Å²) in [5.74, 6) is 0.569. The summed E-state index contributed by atoms with van der Waals surface area (Å²) in [6.07, 6.45) is 6.98. The second-order valence-electron chi connectivity index (χ2n) is 5.78. The molecule has 1 atom stereocenters. The highest BCUT2D eigenvalue weighted by Gasteiger charge is 2.09. The minimum absolute atomic E-state index is 0.0712.